The van der Waals surface area contributed by atoms with Gasteiger partial charge in [-0.05, 0) is 30.3 Å². The molecule has 1 aromatic heterocycles. The Morgan fingerprint density at radius 1 is 1.35 bits per heavy atom. The van der Waals surface area contributed by atoms with Crippen LogP contribution in [-0.2, 0) is 0 Å². The number of benzene rings is 1. The Balaban J connectivity index is 1.85. The molecular formula is C15H12FN3O. The van der Waals surface area contributed by atoms with E-state index >= 15 is 0 Å². The molecule has 0 fully saturated rings. The van der Waals surface area contributed by atoms with E-state index in [2.05, 4.69) is 10.3 Å². The molecule has 100 valence electrons. The highest BCUT2D eigenvalue weighted by Gasteiger charge is 2.22. The van der Waals surface area contributed by atoms with Gasteiger partial charge in [-0.1, -0.05) is 0 Å². The normalized spacial score (nSPS) is 16.7. The maximum Gasteiger partial charge on any atom is 0.140 e. The largest absolute Gasteiger partial charge is 0.493 e. The van der Waals surface area contributed by atoms with Gasteiger partial charge in [0.15, 0.2) is 0 Å². The number of halogens is 1. The first kappa shape index (κ1) is 12.4. The zero-order valence-corrected chi connectivity index (χ0v) is 10.6. The summed E-state index contributed by atoms with van der Waals surface area (Å²) in [5.74, 6) is 0.427. The SMILES string of the molecule is N#Cc1ccc(N[C@@H]2CCOc3ccc(F)cc32)cn1. The van der Waals surface area contributed by atoms with Crippen LogP contribution >= 0.6 is 0 Å². The Kier molecular flexibility index (Phi) is 3.21. The van der Waals surface area contributed by atoms with Crippen molar-refractivity contribution in [1.29, 1.82) is 5.26 Å². The highest BCUT2D eigenvalue weighted by molar-refractivity contribution is 5.48. The van der Waals surface area contributed by atoms with E-state index in [0.29, 0.717) is 18.1 Å². The van der Waals surface area contributed by atoms with Crippen LogP contribution in [0, 0.1) is 17.1 Å². The van der Waals surface area contributed by atoms with E-state index in [0.717, 1.165) is 17.7 Å². The Morgan fingerprint density at radius 3 is 3.00 bits per heavy atom. The Hall–Kier alpha value is -2.61. The molecule has 0 saturated heterocycles. The van der Waals surface area contributed by atoms with Crippen LogP contribution in [0.4, 0.5) is 10.1 Å². The first-order valence-corrected chi connectivity index (χ1v) is 6.31. The summed E-state index contributed by atoms with van der Waals surface area (Å²) in [6.45, 7) is 0.583. The molecule has 1 aromatic carbocycles. The van der Waals surface area contributed by atoms with E-state index < -0.39 is 0 Å². The molecule has 0 unspecified atom stereocenters. The van der Waals surface area contributed by atoms with E-state index in [1.807, 2.05) is 6.07 Å². The van der Waals surface area contributed by atoms with Gasteiger partial charge in [0.2, 0.25) is 0 Å². The summed E-state index contributed by atoms with van der Waals surface area (Å²) in [5.41, 5.74) is 1.97. The van der Waals surface area contributed by atoms with Crippen molar-refractivity contribution in [3.05, 3.63) is 53.6 Å². The zero-order chi connectivity index (χ0) is 13.9. The minimum atomic E-state index is -0.279. The number of nitrogens with zero attached hydrogens (tertiary/aromatic N) is 2. The fraction of sp³-hybridized carbons (Fsp3) is 0.200. The van der Waals surface area contributed by atoms with E-state index in [-0.39, 0.29) is 11.9 Å². The number of ether oxygens (including phenoxy) is 1. The van der Waals surface area contributed by atoms with Gasteiger partial charge in [-0.15, -0.1) is 0 Å². The van der Waals surface area contributed by atoms with Crippen molar-refractivity contribution in [3.8, 4) is 11.8 Å². The summed E-state index contributed by atoms with van der Waals surface area (Å²) in [5, 5.41) is 12.0. The van der Waals surface area contributed by atoms with Crippen molar-refractivity contribution in [3.63, 3.8) is 0 Å². The molecule has 20 heavy (non-hydrogen) atoms. The topological polar surface area (TPSA) is 57.9 Å². The van der Waals surface area contributed by atoms with Gasteiger partial charge in [0.25, 0.3) is 0 Å². The molecule has 1 aliphatic heterocycles. The van der Waals surface area contributed by atoms with Gasteiger partial charge in [-0.3, -0.25) is 0 Å². The highest BCUT2D eigenvalue weighted by Crippen LogP contribution is 2.34. The molecule has 1 atom stereocenters. The monoisotopic (exact) mass is 269 g/mol. The van der Waals surface area contributed by atoms with E-state index in [4.69, 9.17) is 10.00 Å². The summed E-state index contributed by atoms with van der Waals surface area (Å²) in [4.78, 5) is 4.01. The number of hydrogen-bond donors (Lipinski definition) is 1. The number of rotatable bonds is 2. The second-order valence-electron chi connectivity index (χ2n) is 4.56. The zero-order valence-electron chi connectivity index (χ0n) is 10.6. The second-order valence-corrected chi connectivity index (χ2v) is 4.56. The van der Waals surface area contributed by atoms with Crippen molar-refractivity contribution in [2.75, 3.05) is 11.9 Å². The van der Waals surface area contributed by atoms with Gasteiger partial charge < -0.3 is 10.1 Å². The maximum absolute atomic E-state index is 13.4. The molecule has 2 heterocycles. The predicted octanol–water partition coefficient (Wildman–Crippen LogP) is 3.03. The molecule has 0 radical (unpaired) electrons. The van der Waals surface area contributed by atoms with Gasteiger partial charge >= 0.3 is 0 Å². The molecule has 2 aromatic rings. The average Bonchev–Trinajstić information content (AvgIpc) is 2.49. The third-order valence-corrected chi connectivity index (χ3v) is 3.23. The summed E-state index contributed by atoms with van der Waals surface area (Å²) >= 11 is 0. The molecule has 4 nitrogen and oxygen atoms in total. The van der Waals surface area contributed by atoms with Crippen molar-refractivity contribution in [2.24, 2.45) is 0 Å². The second kappa shape index (κ2) is 5.17. The Morgan fingerprint density at radius 2 is 2.25 bits per heavy atom. The van der Waals surface area contributed by atoms with Crippen LogP contribution in [0.25, 0.3) is 0 Å². The molecule has 5 heteroatoms. The van der Waals surface area contributed by atoms with Gasteiger partial charge in [0.1, 0.15) is 23.3 Å². The minimum absolute atomic E-state index is 0.0239. The summed E-state index contributed by atoms with van der Waals surface area (Å²) in [7, 11) is 0. The van der Waals surface area contributed by atoms with Crippen molar-refractivity contribution in [2.45, 2.75) is 12.5 Å². The van der Waals surface area contributed by atoms with Crippen LogP contribution in [0.2, 0.25) is 0 Å². The number of hydrogen-bond acceptors (Lipinski definition) is 4. The fourth-order valence-corrected chi connectivity index (χ4v) is 2.26. The molecule has 0 spiro atoms. The number of aromatic nitrogens is 1. The van der Waals surface area contributed by atoms with Gasteiger partial charge in [-0.2, -0.15) is 5.26 Å². The van der Waals surface area contributed by atoms with Crippen LogP contribution in [0.3, 0.4) is 0 Å². The van der Waals surface area contributed by atoms with Gasteiger partial charge in [0, 0.05) is 12.0 Å². The molecular weight excluding hydrogens is 257 g/mol. The van der Waals surface area contributed by atoms with E-state index in [9.17, 15) is 4.39 Å². The van der Waals surface area contributed by atoms with Crippen molar-refractivity contribution >= 4 is 5.69 Å². The quantitative estimate of drug-likeness (QED) is 0.910. The Labute approximate surface area is 115 Å². The van der Waals surface area contributed by atoms with E-state index in [1.54, 1.807) is 24.4 Å². The fourth-order valence-electron chi connectivity index (χ4n) is 2.26. The van der Waals surface area contributed by atoms with Crippen LogP contribution < -0.4 is 10.1 Å². The first-order chi connectivity index (χ1) is 9.76. The lowest BCUT2D eigenvalue weighted by Gasteiger charge is -2.27. The molecule has 0 amide bonds. The number of anilines is 1. The number of pyridine rings is 1. The van der Waals surface area contributed by atoms with Crippen LogP contribution in [-0.4, -0.2) is 11.6 Å². The molecule has 0 saturated carbocycles. The summed E-state index contributed by atoms with van der Waals surface area (Å²) < 4.78 is 18.9. The van der Waals surface area contributed by atoms with Gasteiger partial charge in [-0.25, -0.2) is 9.37 Å². The van der Waals surface area contributed by atoms with Crippen LogP contribution in [0.15, 0.2) is 36.5 Å². The Bertz CT molecular complexity index is 664. The van der Waals surface area contributed by atoms with Crippen molar-refractivity contribution < 1.29 is 9.13 Å². The molecule has 0 bridgehead atoms. The van der Waals surface area contributed by atoms with Crippen LogP contribution in [0.1, 0.15) is 23.7 Å². The van der Waals surface area contributed by atoms with Gasteiger partial charge in [0.05, 0.1) is 24.5 Å². The van der Waals surface area contributed by atoms with E-state index in [1.165, 1.54) is 12.1 Å². The lowest BCUT2D eigenvalue weighted by atomic mass is 10.00. The average molecular weight is 269 g/mol. The highest BCUT2D eigenvalue weighted by atomic mass is 19.1. The number of fused-ring (bicyclic) bond motifs is 1. The lowest BCUT2D eigenvalue weighted by molar-refractivity contribution is 0.273. The number of nitrogens with one attached hydrogen (secondary N) is 1. The third-order valence-electron chi connectivity index (χ3n) is 3.23. The summed E-state index contributed by atoms with van der Waals surface area (Å²) in [6.07, 6.45) is 2.35. The summed E-state index contributed by atoms with van der Waals surface area (Å²) in [6, 6.07) is 9.92. The predicted molar refractivity (Wildman–Crippen MR) is 71.8 cm³/mol. The smallest absolute Gasteiger partial charge is 0.140 e. The first-order valence-electron chi connectivity index (χ1n) is 6.31. The molecule has 1 N–H and O–H groups in total. The van der Waals surface area contributed by atoms with Crippen molar-refractivity contribution in [1.82, 2.24) is 4.98 Å². The molecule has 1 aliphatic rings. The maximum atomic E-state index is 13.4. The molecule has 3 rings (SSSR count). The number of nitriles is 1. The minimum Gasteiger partial charge on any atom is -0.493 e. The lowest BCUT2D eigenvalue weighted by Crippen LogP contribution is -2.20. The standard InChI is InChI=1S/C15H12FN3O/c16-10-1-4-15-13(7-10)14(5-6-20-15)19-12-3-2-11(8-17)18-9-12/h1-4,7,9,14,19H,5-6H2/t14-/m1/s1. The van der Waals surface area contributed by atoms with Crippen LogP contribution in [0.5, 0.6) is 5.75 Å². The third kappa shape index (κ3) is 2.41. The molecule has 0 aliphatic carbocycles.